The van der Waals surface area contributed by atoms with Crippen LogP contribution in [0, 0.1) is 5.82 Å². The topological polar surface area (TPSA) is 42.0 Å². The van der Waals surface area contributed by atoms with E-state index in [9.17, 15) is 9.18 Å². The number of hydrogen-bond acceptors (Lipinski definition) is 2. The molecular weight excluding hydrogens is 255 g/mol. The molecule has 0 aliphatic carbocycles. The lowest BCUT2D eigenvalue weighted by Crippen LogP contribution is -2.23. The van der Waals surface area contributed by atoms with Gasteiger partial charge in [-0.05, 0) is 35.8 Å². The predicted octanol–water partition coefficient (Wildman–Crippen LogP) is 2.59. The number of amides is 1. The Labute approximate surface area is 117 Å². The Morgan fingerprint density at radius 1 is 1.25 bits per heavy atom. The molecule has 0 aliphatic rings. The van der Waals surface area contributed by atoms with Crippen LogP contribution in [0.5, 0.6) is 0 Å². The largest absolute Gasteiger partial charge is 0.352 e. The first kappa shape index (κ1) is 13.9. The van der Waals surface area contributed by atoms with Crippen molar-refractivity contribution in [2.24, 2.45) is 0 Å². The lowest BCUT2D eigenvalue weighted by atomic mass is 10.1. The fourth-order valence-electron chi connectivity index (χ4n) is 1.73. The Morgan fingerprint density at radius 2 is 2.10 bits per heavy atom. The monoisotopic (exact) mass is 270 g/mol. The SMILES string of the molecule is O=C(/C=C\c1cccnc1)NCCc1ccccc1F. The number of pyridine rings is 1. The van der Waals surface area contributed by atoms with Gasteiger partial charge in [-0.1, -0.05) is 24.3 Å². The quantitative estimate of drug-likeness (QED) is 0.848. The number of benzene rings is 1. The van der Waals surface area contributed by atoms with Crippen LogP contribution in [0.15, 0.2) is 54.9 Å². The maximum absolute atomic E-state index is 13.3. The van der Waals surface area contributed by atoms with Crippen molar-refractivity contribution in [1.82, 2.24) is 10.3 Å². The van der Waals surface area contributed by atoms with Crippen LogP contribution in [0.3, 0.4) is 0 Å². The van der Waals surface area contributed by atoms with Crippen LogP contribution in [0.2, 0.25) is 0 Å². The van der Waals surface area contributed by atoms with Gasteiger partial charge in [0, 0.05) is 25.0 Å². The summed E-state index contributed by atoms with van der Waals surface area (Å²) in [5.74, 6) is -0.446. The van der Waals surface area contributed by atoms with E-state index in [1.807, 2.05) is 6.07 Å². The van der Waals surface area contributed by atoms with Crippen LogP contribution in [-0.2, 0) is 11.2 Å². The highest BCUT2D eigenvalue weighted by Gasteiger charge is 2.01. The molecule has 0 radical (unpaired) electrons. The highest BCUT2D eigenvalue weighted by atomic mass is 19.1. The van der Waals surface area contributed by atoms with Crippen molar-refractivity contribution >= 4 is 12.0 Å². The smallest absolute Gasteiger partial charge is 0.244 e. The molecule has 0 aliphatic heterocycles. The van der Waals surface area contributed by atoms with Gasteiger partial charge in [0.2, 0.25) is 5.91 Å². The molecule has 1 heterocycles. The molecule has 0 unspecified atom stereocenters. The van der Waals surface area contributed by atoms with Crippen molar-refractivity contribution in [3.63, 3.8) is 0 Å². The Morgan fingerprint density at radius 3 is 2.85 bits per heavy atom. The van der Waals surface area contributed by atoms with Gasteiger partial charge in [0.1, 0.15) is 5.82 Å². The first-order valence-corrected chi connectivity index (χ1v) is 6.35. The van der Waals surface area contributed by atoms with Gasteiger partial charge in [-0.2, -0.15) is 0 Å². The van der Waals surface area contributed by atoms with Crippen LogP contribution in [0.1, 0.15) is 11.1 Å². The third kappa shape index (κ3) is 4.31. The maximum Gasteiger partial charge on any atom is 0.244 e. The lowest BCUT2D eigenvalue weighted by Gasteiger charge is -2.03. The molecule has 3 nitrogen and oxygen atoms in total. The lowest BCUT2D eigenvalue weighted by molar-refractivity contribution is -0.116. The predicted molar refractivity (Wildman–Crippen MR) is 76.4 cm³/mol. The maximum atomic E-state index is 13.3. The molecule has 1 aromatic heterocycles. The summed E-state index contributed by atoms with van der Waals surface area (Å²) in [5.41, 5.74) is 1.46. The molecule has 0 saturated heterocycles. The van der Waals surface area contributed by atoms with Crippen LogP contribution in [-0.4, -0.2) is 17.4 Å². The summed E-state index contributed by atoms with van der Waals surface area (Å²) >= 11 is 0. The number of nitrogens with zero attached hydrogens (tertiary/aromatic N) is 1. The van der Waals surface area contributed by atoms with E-state index in [0.29, 0.717) is 18.5 Å². The number of carbonyl (C=O) groups is 1. The molecular formula is C16H15FN2O. The number of nitrogens with one attached hydrogen (secondary N) is 1. The van der Waals surface area contributed by atoms with Gasteiger partial charge in [0.05, 0.1) is 0 Å². The number of halogens is 1. The minimum Gasteiger partial charge on any atom is -0.352 e. The highest BCUT2D eigenvalue weighted by Crippen LogP contribution is 2.06. The Hall–Kier alpha value is -2.49. The zero-order valence-corrected chi connectivity index (χ0v) is 10.9. The third-order valence-corrected chi connectivity index (χ3v) is 2.76. The van der Waals surface area contributed by atoms with Gasteiger partial charge in [0.15, 0.2) is 0 Å². The fraction of sp³-hybridized carbons (Fsp3) is 0.125. The van der Waals surface area contributed by atoms with E-state index in [0.717, 1.165) is 5.56 Å². The summed E-state index contributed by atoms with van der Waals surface area (Å²) < 4.78 is 13.3. The van der Waals surface area contributed by atoms with Gasteiger partial charge >= 0.3 is 0 Å². The van der Waals surface area contributed by atoms with E-state index < -0.39 is 0 Å². The Bertz CT molecular complexity index is 596. The van der Waals surface area contributed by atoms with Crippen molar-refractivity contribution in [2.75, 3.05) is 6.54 Å². The molecule has 0 bridgehead atoms. The van der Waals surface area contributed by atoms with Crippen molar-refractivity contribution in [1.29, 1.82) is 0 Å². The summed E-state index contributed by atoms with van der Waals surface area (Å²) in [4.78, 5) is 15.5. The van der Waals surface area contributed by atoms with E-state index in [-0.39, 0.29) is 11.7 Å². The van der Waals surface area contributed by atoms with Crippen molar-refractivity contribution in [3.05, 3.63) is 71.8 Å². The minimum absolute atomic E-state index is 0.204. The Balaban J connectivity index is 1.79. The van der Waals surface area contributed by atoms with Gasteiger partial charge < -0.3 is 5.32 Å². The summed E-state index contributed by atoms with van der Waals surface area (Å²) in [7, 11) is 0. The normalized spacial score (nSPS) is 10.7. The molecule has 4 heteroatoms. The van der Waals surface area contributed by atoms with Gasteiger partial charge in [-0.3, -0.25) is 9.78 Å². The molecule has 0 fully saturated rings. The zero-order chi connectivity index (χ0) is 14.2. The number of aromatic nitrogens is 1. The molecule has 102 valence electrons. The first-order valence-electron chi connectivity index (χ1n) is 6.35. The number of hydrogen-bond donors (Lipinski definition) is 1. The van der Waals surface area contributed by atoms with E-state index in [1.165, 1.54) is 12.1 Å². The van der Waals surface area contributed by atoms with E-state index in [4.69, 9.17) is 0 Å². The van der Waals surface area contributed by atoms with Crippen molar-refractivity contribution < 1.29 is 9.18 Å². The van der Waals surface area contributed by atoms with Crippen LogP contribution in [0.4, 0.5) is 4.39 Å². The second-order valence-corrected chi connectivity index (χ2v) is 4.25. The average Bonchev–Trinajstić information content (AvgIpc) is 2.48. The van der Waals surface area contributed by atoms with Crippen molar-refractivity contribution in [3.8, 4) is 0 Å². The molecule has 0 atom stereocenters. The van der Waals surface area contributed by atoms with Gasteiger partial charge in [-0.25, -0.2) is 4.39 Å². The molecule has 0 saturated carbocycles. The van der Waals surface area contributed by atoms with Gasteiger partial charge in [0.25, 0.3) is 0 Å². The second-order valence-electron chi connectivity index (χ2n) is 4.25. The summed E-state index contributed by atoms with van der Waals surface area (Å²) in [6.07, 6.45) is 6.94. The zero-order valence-electron chi connectivity index (χ0n) is 10.9. The van der Waals surface area contributed by atoms with Crippen molar-refractivity contribution in [2.45, 2.75) is 6.42 Å². The summed E-state index contributed by atoms with van der Waals surface area (Å²) in [5, 5.41) is 2.72. The van der Waals surface area contributed by atoms with E-state index in [2.05, 4.69) is 10.3 Å². The second kappa shape index (κ2) is 7.19. The molecule has 20 heavy (non-hydrogen) atoms. The number of rotatable bonds is 5. The summed E-state index contributed by atoms with van der Waals surface area (Å²) in [6, 6.07) is 10.2. The molecule has 2 aromatic rings. The van der Waals surface area contributed by atoms with Crippen LogP contribution >= 0.6 is 0 Å². The molecule has 1 amide bonds. The van der Waals surface area contributed by atoms with Crippen LogP contribution < -0.4 is 5.32 Å². The van der Waals surface area contributed by atoms with Crippen LogP contribution in [0.25, 0.3) is 6.08 Å². The fourth-order valence-corrected chi connectivity index (χ4v) is 1.73. The highest BCUT2D eigenvalue weighted by molar-refractivity contribution is 5.91. The first-order chi connectivity index (χ1) is 9.75. The van der Waals surface area contributed by atoms with E-state index >= 15 is 0 Å². The molecule has 1 N–H and O–H groups in total. The Kier molecular flexibility index (Phi) is 5.00. The van der Waals surface area contributed by atoms with Gasteiger partial charge in [-0.15, -0.1) is 0 Å². The molecule has 2 rings (SSSR count). The minimum atomic E-state index is -0.243. The molecule has 1 aromatic carbocycles. The molecule has 0 spiro atoms. The third-order valence-electron chi connectivity index (χ3n) is 2.76. The summed E-state index contributed by atoms with van der Waals surface area (Å²) in [6.45, 7) is 0.400. The number of carbonyl (C=O) groups excluding carboxylic acids is 1. The average molecular weight is 270 g/mol. The standard InChI is InChI=1S/C16H15FN2O/c17-15-6-2-1-5-14(15)9-11-19-16(20)8-7-13-4-3-10-18-12-13/h1-8,10,12H,9,11H2,(H,19,20)/b8-7-. The van der Waals surface area contributed by atoms with E-state index in [1.54, 1.807) is 42.7 Å².